The first-order valence-electron chi connectivity index (χ1n) is 9.03. The molecule has 0 saturated heterocycles. The average molecular weight is 458 g/mol. The molecule has 0 bridgehead atoms. The molecule has 2 amide bonds. The molecule has 30 heavy (non-hydrogen) atoms. The van der Waals surface area contributed by atoms with Crippen LogP contribution in [0.4, 0.5) is 11.4 Å². The molecule has 1 aliphatic rings. The minimum atomic E-state index is -0.466. The molecule has 1 aliphatic heterocycles. The highest BCUT2D eigenvalue weighted by molar-refractivity contribution is 6.46. The Morgan fingerprint density at radius 3 is 2.00 bits per heavy atom. The first-order valence-corrected chi connectivity index (χ1v) is 10.2. The maximum atomic E-state index is 13.4. The van der Waals surface area contributed by atoms with Crippen LogP contribution in [0.3, 0.4) is 0 Å². The van der Waals surface area contributed by atoms with E-state index >= 15 is 0 Å². The second-order valence-electron chi connectivity index (χ2n) is 6.72. The zero-order valence-corrected chi connectivity index (χ0v) is 18.0. The third-order valence-electron chi connectivity index (χ3n) is 4.83. The molecule has 0 fully saturated rings. The topological polar surface area (TPSA) is 49.4 Å². The smallest absolute Gasteiger partial charge is 0.282 e. The van der Waals surface area contributed by atoms with Crippen LogP contribution >= 0.6 is 34.8 Å². The number of nitrogens with zero attached hydrogens (tertiary/aromatic N) is 1. The van der Waals surface area contributed by atoms with Gasteiger partial charge in [0, 0.05) is 20.8 Å². The van der Waals surface area contributed by atoms with Crippen molar-refractivity contribution in [2.24, 2.45) is 0 Å². The second kappa shape index (κ2) is 8.15. The van der Waals surface area contributed by atoms with E-state index in [2.05, 4.69) is 5.32 Å². The number of hydrogen-bond donors (Lipinski definition) is 1. The lowest BCUT2D eigenvalue weighted by Crippen LogP contribution is -2.32. The van der Waals surface area contributed by atoms with Crippen molar-refractivity contribution in [3.8, 4) is 0 Å². The van der Waals surface area contributed by atoms with Crippen molar-refractivity contribution in [1.82, 2.24) is 0 Å². The summed E-state index contributed by atoms with van der Waals surface area (Å²) in [5, 5.41) is 4.73. The fraction of sp³-hybridized carbons (Fsp3) is 0.0435. The number of anilines is 2. The van der Waals surface area contributed by atoms with Crippen molar-refractivity contribution in [1.29, 1.82) is 0 Å². The van der Waals surface area contributed by atoms with E-state index in [1.807, 2.05) is 6.92 Å². The minimum absolute atomic E-state index is 0.169. The van der Waals surface area contributed by atoms with Gasteiger partial charge in [0.05, 0.1) is 11.3 Å². The number of halogens is 3. The number of nitrogens with one attached hydrogen (secondary N) is 1. The van der Waals surface area contributed by atoms with Gasteiger partial charge in [-0.05, 0) is 66.6 Å². The Hall–Kier alpha value is -2.79. The summed E-state index contributed by atoms with van der Waals surface area (Å²) in [7, 11) is 0. The van der Waals surface area contributed by atoms with Crippen molar-refractivity contribution in [2.75, 3.05) is 10.2 Å². The van der Waals surface area contributed by atoms with Crippen LogP contribution in [0.15, 0.2) is 72.4 Å². The Morgan fingerprint density at radius 1 is 0.767 bits per heavy atom. The zero-order chi connectivity index (χ0) is 21.4. The van der Waals surface area contributed by atoms with Crippen LogP contribution in [0.1, 0.15) is 11.1 Å². The Labute approximate surface area is 188 Å². The van der Waals surface area contributed by atoms with E-state index in [-0.39, 0.29) is 11.3 Å². The number of carbonyl (C=O) groups is 2. The summed E-state index contributed by atoms with van der Waals surface area (Å²) < 4.78 is 0. The van der Waals surface area contributed by atoms with Crippen molar-refractivity contribution in [2.45, 2.75) is 6.92 Å². The Balaban J connectivity index is 1.84. The number of amides is 2. The van der Waals surface area contributed by atoms with E-state index in [9.17, 15) is 9.59 Å². The summed E-state index contributed by atoms with van der Waals surface area (Å²) >= 11 is 18.2. The van der Waals surface area contributed by atoms with Crippen LogP contribution in [-0.4, -0.2) is 11.8 Å². The monoisotopic (exact) mass is 456 g/mol. The predicted octanol–water partition coefficient (Wildman–Crippen LogP) is 6.35. The third-order valence-corrected chi connectivity index (χ3v) is 5.74. The molecular formula is C23H15Cl3N2O2. The molecule has 0 aliphatic carbocycles. The van der Waals surface area contributed by atoms with E-state index in [0.717, 1.165) is 10.5 Å². The maximum Gasteiger partial charge on any atom is 0.282 e. The molecule has 0 aromatic heterocycles. The SMILES string of the molecule is Cc1c(Cl)cccc1NC1=C(c2ccc(Cl)cc2)C(=O)N(c2ccc(Cl)cc2)C1=O. The van der Waals surface area contributed by atoms with E-state index < -0.39 is 11.8 Å². The van der Waals surface area contributed by atoms with E-state index in [1.54, 1.807) is 66.7 Å². The van der Waals surface area contributed by atoms with Gasteiger partial charge in [-0.3, -0.25) is 9.59 Å². The van der Waals surface area contributed by atoms with Gasteiger partial charge in [-0.1, -0.05) is 53.0 Å². The van der Waals surface area contributed by atoms with Crippen LogP contribution in [0.25, 0.3) is 5.57 Å². The molecule has 7 heteroatoms. The van der Waals surface area contributed by atoms with Gasteiger partial charge in [0.25, 0.3) is 11.8 Å². The molecule has 0 saturated carbocycles. The predicted molar refractivity (Wildman–Crippen MR) is 122 cm³/mol. The highest BCUT2D eigenvalue weighted by Crippen LogP contribution is 2.35. The van der Waals surface area contributed by atoms with E-state index in [0.29, 0.717) is 32.0 Å². The minimum Gasteiger partial charge on any atom is -0.350 e. The Morgan fingerprint density at radius 2 is 1.37 bits per heavy atom. The zero-order valence-electron chi connectivity index (χ0n) is 15.7. The van der Waals surface area contributed by atoms with Gasteiger partial charge in [-0.25, -0.2) is 4.90 Å². The highest BCUT2D eigenvalue weighted by Gasteiger charge is 2.40. The number of benzene rings is 3. The maximum absolute atomic E-state index is 13.4. The van der Waals surface area contributed by atoms with Gasteiger partial charge in [0.15, 0.2) is 0 Å². The largest absolute Gasteiger partial charge is 0.350 e. The van der Waals surface area contributed by atoms with E-state index in [4.69, 9.17) is 34.8 Å². The molecule has 1 heterocycles. The lowest BCUT2D eigenvalue weighted by atomic mass is 10.0. The van der Waals surface area contributed by atoms with Gasteiger partial charge in [0.2, 0.25) is 0 Å². The van der Waals surface area contributed by atoms with Crippen LogP contribution < -0.4 is 10.2 Å². The number of rotatable bonds is 4. The molecule has 4 rings (SSSR count). The molecule has 0 radical (unpaired) electrons. The Kier molecular flexibility index (Phi) is 5.56. The van der Waals surface area contributed by atoms with Gasteiger partial charge < -0.3 is 5.32 Å². The van der Waals surface area contributed by atoms with Crippen LogP contribution in [0.5, 0.6) is 0 Å². The fourth-order valence-corrected chi connectivity index (χ4v) is 3.66. The lowest BCUT2D eigenvalue weighted by molar-refractivity contribution is -0.120. The van der Waals surface area contributed by atoms with Crippen molar-refractivity contribution >= 4 is 63.6 Å². The molecule has 0 spiro atoms. The highest BCUT2D eigenvalue weighted by atomic mass is 35.5. The molecule has 3 aromatic carbocycles. The quantitative estimate of drug-likeness (QED) is 0.464. The third kappa shape index (κ3) is 3.70. The van der Waals surface area contributed by atoms with Gasteiger partial charge in [-0.15, -0.1) is 0 Å². The first-order chi connectivity index (χ1) is 14.4. The summed E-state index contributed by atoms with van der Waals surface area (Å²) in [5.74, 6) is -0.904. The van der Waals surface area contributed by atoms with Crippen molar-refractivity contribution in [3.63, 3.8) is 0 Å². The van der Waals surface area contributed by atoms with Gasteiger partial charge in [-0.2, -0.15) is 0 Å². The Bertz CT molecular complexity index is 1190. The van der Waals surface area contributed by atoms with Crippen LogP contribution in [-0.2, 0) is 9.59 Å². The first kappa shape index (κ1) is 20.5. The van der Waals surface area contributed by atoms with Gasteiger partial charge >= 0.3 is 0 Å². The summed E-state index contributed by atoms with van der Waals surface area (Å²) in [6.45, 7) is 1.84. The van der Waals surface area contributed by atoms with Crippen molar-refractivity contribution in [3.05, 3.63) is 98.6 Å². The van der Waals surface area contributed by atoms with Gasteiger partial charge in [0.1, 0.15) is 5.70 Å². The molecule has 150 valence electrons. The number of hydrogen-bond acceptors (Lipinski definition) is 3. The lowest BCUT2D eigenvalue weighted by Gasteiger charge is -2.16. The molecule has 0 unspecified atom stereocenters. The molecule has 1 N–H and O–H groups in total. The summed E-state index contributed by atoms with van der Waals surface area (Å²) in [5.41, 5.74) is 2.85. The normalized spacial score (nSPS) is 13.9. The summed E-state index contributed by atoms with van der Waals surface area (Å²) in [4.78, 5) is 27.8. The van der Waals surface area contributed by atoms with Crippen molar-refractivity contribution < 1.29 is 9.59 Å². The molecule has 4 nitrogen and oxygen atoms in total. The standard InChI is InChI=1S/C23H15Cl3N2O2/c1-13-18(26)3-2-4-19(13)27-21-20(14-5-7-15(24)8-6-14)22(29)28(23(21)30)17-11-9-16(25)10-12-17/h2-12,27H,1H3. The van der Waals surface area contributed by atoms with Crippen LogP contribution in [0.2, 0.25) is 15.1 Å². The fourth-order valence-electron chi connectivity index (χ4n) is 3.23. The van der Waals surface area contributed by atoms with E-state index in [1.165, 1.54) is 0 Å². The molecule has 0 atom stereocenters. The molecular weight excluding hydrogens is 443 g/mol. The summed E-state index contributed by atoms with van der Waals surface area (Å²) in [6.07, 6.45) is 0. The number of carbonyl (C=O) groups excluding carboxylic acids is 2. The second-order valence-corrected chi connectivity index (χ2v) is 8.00. The van der Waals surface area contributed by atoms with Crippen LogP contribution in [0, 0.1) is 6.92 Å². The summed E-state index contributed by atoms with van der Waals surface area (Å²) in [6, 6.07) is 18.6. The number of imide groups is 1. The molecule has 3 aromatic rings. The average Bonchev–Trinajstić information content (AvgIpc) is 2.97.